The number of anilines is 1. The van der Waals surface area contributed by atoms with E-state index in [9.17, 15) is 4.79 Å². The first-order valence-corrected chi connectivity index (χ1v) is 15.2. The molecule has 4 heterocycles. The van der Waals surface area contributed by atoms with Gasteiger partial charge in [-0.15, -0.1) is 0 Å². The average Bonchev–Trinajstić information content (AvgIpc) is 3.65. The second kappa shape index (κ2) is 12.3. The number of halogens is 1. The van der Waals surface area contributed by atoms with Crippen molar-refractivity contribution in [2.75, 3.05) is 57.5 Å². The van der Waals surface area contributed by atoms with Gasteiger partial charge in [-0.1, -0.05) is 48.5 Å². The SMILES string of the molecule is Cc1ncn(Cc2ccc(N3CCOCC3)cc2F)c1Cn1cc(C(=O)N2CCOCC2)c(-c2cccc3ccccc23)c1. The van der Waals surface area contributed by atoms with Gasteiger partial charge in [-0.05, 0) is 35.4 Å². The fraction of sp³-hybridized carbons (Fsp3) is 0.314. The normalized spacial score (nSPS) is 15.7. The second-order valence-electron chi connectivity index (χ2n) is 11.5. The minimum atomic E-state index is -0.233. The van der Waals surface area contributed by atoms with E-state index in [1.807, 2.05) is 52.9 Å². The quantitative estimate of drug-likeness (QED) is 0.254. The number of carbonyl (C=O) groups is 1. The third-order valence-electron chi connectivity index (χ3n) is 8.73. The van der Waals surface area contributed by atoms with Crippen molar-refractivity contribution in [2.24, 2.45) is 0 Å². The van der Waals surface area contributed by atoms with E-state index in [0.29, 0.717) is 63.7 Å². The highest BCUT2D eigenvalue weighted by Gasteiger charge is 2.25. The minimum absolute atomic E-state index is 0.00245. The number of amides is 1. The molecule has 0 saturated carbocycles. The molecular formula is C35H36FN5O3. The zero-order valence-electron chi connectivity index (χ0n) is 24.9. The van der Waals surface area contributed by atoms with E-state index in [-0.39, 0.29) is 11.7 Å². The van der Waals surface area contributed by atoms with Gasteiger partial charge in [-0.25, -0.2) is 9.37 Å². The zero-order valence-corrected chi connectivity index (χ0v) is 24.9. The van der Waals surface area contributed by atoms with Crippen molar-refractivity contribution >= 4 is 22.4 Å². The van der Waals surface area contributed by atoms with Gasteiger partial charge in [0.05, 0.1) is 62.8 Å². The van der Waals surface area contributed by atoms with Gasteiger partial charge < -0.3 is 28.4 Å². The number of morpholine rings is 2. The number of hydrogen-bond donors (Lipinski definition) is 0. The Hall–Kier alpha value is -4.47. The summed E-state index contributed by atoms with van der Waals surface area (Å²) in [7, 11) is 0. The molecule has 2 fully saturated rings. The third kappa shape index (κ3) is 5.60. The van der Waals surface area contributed by atoms with Gasteiger partial charge in [0.1, 0.15) is 5.82 Å². The van der Waals surface area contributed by atoms with Crippen molar-refractivity contribution in [1.29, 1.82) is 0 Å². The number of ether oxygens (including phenoxy) is 2. The first-order chi connectivity index (χ1) is 21.5. The number of fused-ring (bicyclic) bond motifs is 1. The van der Waals surface area contributed by atoms with E-state index in [4.69, 9.17) is 9.47 Å². The Labute approximate surface area is 256 Å². The maximum atomic E-state index is 15.3. The lowest BCUT2D eigenvalue weighted by Crippen LogP contribution is -2.40. The number of benzene rings is 3. The second-order valence-corrected chi connectivity index (χ2v) is 11.5. The van der Waals surface area contributed by atoms with Crippen LogP contribution in [-0.4, -0.2) is 77.5 Å². The molecule has 0 spiro atoms. The van der Waals surface area contributed by atoms with Gasteiger partial charge in [0.15, 0.2) is 0 Å². The number of hydrogen-bond acceptors (Lipinski definition) is 5. The maximum Gasteiger partial charge on any atom is 0.256 e. The largest absolute Gasteiger partial charge is 0.378 e. The number of carbonyl (C=O) groups excluding carboxylic acids is 1. The predicted molar refractivity (Wildman–Crippen MR) is 169 cm³/mol. The molecule has 0 unspecified atom stereocenters. The predicted octanol–water partition coefficient (Wildman–Crippen LogP) is 5.36. The Balaban J connectivity index is 1.21. The van der Waals surface area contributed by atoms with E-state index in [2.05, 4.69) is 44.9 Å². The first kappa shape index (κ1) is 28.3. The van der Waals surface area contributed by atoms with Crippen molar-refractivity contribution in [3.63, 3.8) is 0 Å². The molecule has 0 radical (unpaired) electrons. The summed E-state index contributed by atoms with van der Waals surface area (Å²) in [6, 6.07) is 19.9. The Kier molecular flexibility index (Phi) is 7.89. The standard InChI is InChI=1S/C35H36FN5O3/c1-25-34(41(24-37-25)20-27-9-10-28(19-33(27)36)39-11-15-43-16-12-39)23-38-21-31(30-8-4-6-26-5-2-3-7-29(26)30)32(22-38)35(42)40-13-17-44-18-14-40/h2-10,19,21-22,24H,11-18,20,23H2,1H3. The van der Waals surface area contributed by atoms with Crippen LogP contribution in [0.1, 0.15) is 27.3 Å². The van der Waals surface area contributed by atoms with Crippen LogP contribution in [0.25, 0.3) is 21.9 Å². The summed E-state index contributed by atoms with van der Waals surface area (Å²) < 4.78 is 30.4. The van der Waals surface area contributed by atoms with Gasteiger partial charge in [-0.2, -0.15) is 0 Å². The molecule has 2 saturated heterocycles. The van der Waals surface area contributed by atoms with Crippen molar-refractivity contribution in [3.8, 4) is 11.1 Å². The molecule has 2 aromatic heterocycles. The van der Waals surface area contributed by atoms with Crippen LogP contribution >= 0.6 is 0 Å². The molecule has 44 heavy (non-hydrogen) atoms. The number of rotatable bonds is 7. The zero-order chi connectivity index (χ0) is 30.0. The van der Waals surface area contributed by atoms with Gasteiger partial charge in [-0.3, -0.25) is 4.79 Å². The lowest BCUT2D eigenvalue weighted by Gasteiger charge is -2.29. The lowest BCUT2D eigenvalue weighted by atomic mass is 9.97. The highest BCUT2D eigenvalue weighted by atomic mass is 19.1. The minimum Gasteiger partial charge on any atom is -0.378 e. The van der Waals surface area contributed by atoms with Crippen molar-refractivity contribution < 1.29 is 18.7 Å². The summed E-state index contributed by atoms with van der Waals surface area (Å²) in [4.78, 5) is 22.5. The summed E-state index contributed by atoms with van der Waals surface area (Å²) in [5, 5.41) is 2.22. The van der Waals surface area contributed by atoms with E-state index >= 15 is 4.39 Å². The van der Waals surface area contributed by atoms with Crippen molar-refractivity contribution in [1.82, 2.24) is 19.0 Å². The maximum absolute atomic E-state index is 15.3. The summed E-state index contributed by atoms with van der Waals surface area (Å²) in [5.74, 6) is -0.230. The molecule has 7 rings (SSSR count). The van der Waals surface area contributed by atoms with Crippen molar-refractivity contribution in [3.05, 3.63) is 108 Å². The molecule has 0 atom stereocenters. The summed E-state index contributed by atoms with van der Waals surface area (Å²) in [6.07, 6.45) is 5.78. The summed E-state index contributed by atoms with van der Waals surface area (Å²) >= 11 is 0. The molecule has 9 heteroatoms. The number of aromatic nitrogens is 3. The Morgan fingerprint density at radius 1 is 0.864 bits per heavy atom. The summed E-state index contributed by atoms with van der Waals surface area (Å²) in [6.45, 7) is 7.88. The molecule has 2 aliphatic heterocycles. The Morgan fingerprint density at radius 3 is 2.41 bits per heavy atom. The van der Waals surface area contributed by atoms with E-state index < -0.39 is 0 Å². The van der Waals surface area contributed by atoms with E-state index in [1.54, 1.807) is 12.4 Å². The van der Waals surface area contributed by atoms with Crippen LogP contribution in [0.4, 0.5) is 10.1 Å². The van der Waals surface area contributed by atoms with Crippen LogP contribution in [-0.2, 0) is 22.6 Å². The summed E-state index contributed by atoms with van der Waals surface area (Å²) in [5.41, 5.74) is 5.90. The molecule has 0 N–H and O–H groups in total. The molecule has 0 aliphatic carbocycles. The highest BCUT2D eigenvalue weighted by Crippen LogP contribution is 2.33. The third-order valence-corrected chi connectivity index (χ3v) is 8.73. The Morgan fingerprint density at radius 2 is 1.61 bits per heavy atom. The van der Waals surface area contributed by atoms with Crippen molar-refractivity contribution in [2.45, 2.75) is 20.0 Å². The molecular weight excluding hydrogens is 557 g/mol. The van der Waals surface area contributed by atoms with E-state index in [1.165, 1.54) is 0 Å². The van der Waals surface area contributed by atoms with Crippen LogP contribution in [0.5, 0.6) is 0 Å². The van der Waals surface area contributed by atoms with Crippen LogP contribution in [0, 0.1) is 12.7 Å². The molecule has 5 aromatic rings. The average molecular weight is 594 g/mol. The lowest BCUT2D eigenvalue weighted by molar-refractivity contribution is 0.0303. The first-order valence-electron chi connectivity index (χ1n) is 15.2. The fourth-order valence-electron chi connectivity index (χ4n) is 6.27. The molecule has 8 nitrogen and oxygen atoms in total. The van der Waals surface area contributed by atoms with Crippen LogP contribution in [0.2, 0.25) is 0 Å². The molecule has 3 aromatic carbocycles. The van der Waals surface area contributed by atoms with Gasteiger partial charge in [0, 0.05) is 55.4 Å². The number of nitrogens with zero attached hydrogens (tertiary/aromatic N) is 5. The molecule has 226 valence electrons. The van der Waals surface area contributed by atoms with E-state index in [0.717, 1.165) is 52.1 Å². The highest BCUT2D eigenvalue weighted by molar-refractivity contribution is 6.06. The van der Waals surface area contributed by atoms with Crippen LogP contribution in [0.3, 0.4) is 0 Å². The van der Waals surface area contributed by atoms with Crippen LogP contribution < -0.4 is 4.90 Å². The smallest absolute Gasteiger partial charge is 0.256 e. The topological polar surface area (TPSA) is 64.8 Å². The van der Waals surface area contributed by atoms with Gasteiger partial charge in [0.2, 0.25) is 0 Å². The fourth-order valence-corrected chi connectivity index (χ4v) is 6.27. The molecule has 2 aliphatic rings. The Bertz CT molecular complexity index is 1790. The monoisotopic (exact) mass is 593 g/mol. The van der Waals surface area contributed by atoms with Gasteiger partial charge >= 0.3 is 0 Å². The molecule has 0 bridgehead atoms. The number of aryl methyl sites for hydroxylation is 1. The van der Waals surface area contributed by atoms with Crippen LogP contribution in [0.15, 0.2) is 79.4 Å². The van der Waals surface area contributed by atoms with Gasteiger partial charge in [0.25, 0.3) is 5.91 Å². The molecule has 1 amide bonds. The number of imidazole rings is 1.